The predicted molar refractivity (Wildman–Crippen MR) is 81.8 cm³/mol. The van der Waals surface area contributed by atoms with Crippen molar-refractivity contribution in [3.63, 3.8) is 0 Å². The van der Waals surface area contributed by atoms with Crippen LogP contribution in [0, 0.1) is 0 Å². The van der Waals surface area contributed by atoms with E-state index >= 15 is 0 Å². The molecule has 2 heteroatoms. The fourth-order valence-electron chi connectivity index (χ4n) is 2.84. The van der Waals surface area contributed by atoms with Crippen LogP contribution in [0.15, 0.2) is 60.7 Å². The second kappa shape index (κ2) is 6.21. The lowest BCUT2D eigenvalue weighted by Gasteiger charge is -2.33. The quantitative estimate of drug-likeness (QED) is 0.873. The van der Waals surface area contributed by atoms with Crippen LogP contribution >= 0.6 is 0 Å². The molecule has 1 aliphatic rings. The zero-order valence-electron chi connectivity index (χ0n) is 11.6. The van der Waals surface area contributed by atoms with Crippen molar-refractivity contribution < 1.29 is 5.11 Å². The SMILES string of the molecule is OC1CC(NCC(c2ccccc2)c2ccccc2)C1. The van der Waals surface area contributed by atoms with E-state index in [0.717, 1.165) is 19.4 Å². The molecule has 104 valence electrons. The molecule has 2 aromatic carbocycles. The van der Waals surface area contributed by atoms with Gasteiger partial charge in [0.25, 0.3) is 0 Å². The minimum absolute atomic E-state index is 0.0978. The maximum absolute atomic E-state index is 9.38. The number of aliphatic hydroxyl groups is 1. The summed E-state index contributed by atoms with van der Waals surface area (Å²) < 4.78 is 0. The summed E-state index contributed by atoms with van der Waals surface area (Å²) in [6.45, 7) is 0.922. The maximum atomic E-state index is 9.38. The lowest BCUT2D eigenvalue weighted by atomic mass is 9.87. The van der Waals surface area contributed by atoms with Gasteiger partial charge in [-0.25, -0.2) is 0 Å². The largest absolute Gasteiger partial charge is 0.393 e. The molecule has 2 nitrogen and oxygen atoms in total. The highest BCUT2D eigenvalue weighted by atomic mass is 16.3. The molecule has 0 spiro atoms. The smallest absolute Gasteiger partial charge is 0.0570 e. The summed E-state index contributed by atoms with van der Waals surface area (Å²) in [6, 6.07) is 21.7. The lowest BCUT2D eigenvalue weighted by Crippen LogP contribution is -2.45. The van der Waals surface area contributed by atoms with Crippen molar-refractivity contribution in [3.8, 4) is 0 Å². The van der Waals surface area contributed by atoms with Crippen LogP contribution < -0.4 is 5.32 Å². The van der Waals surface area contributed by atoms with Gasteiger partial charge in [0.05, 0.1) is 6.10 Å². The van der Waals surface area contributed by atoms with E-state index in [1.807, 2.05) is 0 Å². The first-order valence-corrected chi connectivity index (χ1v) is 7.34. The van der Waals surface area contributed by atoms with Crippen LogP contribution in [0.5, 0.6) is 0 Å². The molecule has 1 aliphatic carbocycles. The van der Waals surface area contributed by atoms with E-state index in [2.05, 4.69) is 66.0 Å². The van der Waals surface area contributed by atoms with Gasteiger partial charge in [-0.05, 0) is 24.0 Å². The second-order valence-corrected chi connectivity index (χ2v) is 5.60. The van der Waals surface area contributed by atoms with Gasteiger partial charge in [0.2, 0.25) is 0 Å². The van der Waals surface area contributed by atoms with Crippen molar-refractivity contribution in [3.05, 3.63) is 71.8 Å². The van der Waals surface area contributed by atoms with Crippen molar-refractivity contribution in [2.45, 2.75) is 30.9 Å². The van der Waals surface area contributed by atoms with Crippen LogP contribution in [0.25, 0.3) is 0 Å². The zero-order chi connectivity index (χ0) is 13.8. The first-order chi connectivity index (χ1) is 9.83. The van der Waals surface area contributed by atoms with Crippen LogP contribution in [0.1, 0.15) is 29.9 Å². The number of nitrogens with one attached hydrogen (secondary N) is 1. The number of hydrogen-bond donors (Lipinski definition) is 2. The van der Waals surface area contributed by atoms with Gasteiger partial charge in [0, 0.05) is 18.5 Å². The van der Waals surface area contributed by atoms with Crippen molar-refractivity contribution in [2.24, 2.45) is 0 Å². The molecule has 0 atom stereocenters. The topological polar surface area (TPSA) is 32.3 Å². The van der Waals surface area contributed by atoms with Crippen molar-refractivity contribution >= 4 is 0 Å². The van der Waals surface area contributed by atoms with Crippen molar-refractivity contribution in [1.82, 2.24) is 5.32 Å². The Morgan fingerprint density at radius 2 is 1.40 bits per heavy atom. The molecule has 1 fully saturated rings. The van der Waals surface area contributed by atoms with E-state index in [0.29, 0.717) is 12.0 Å². The Labute approximate surface area is 120 Å². The molecule has 0 heterocycles. The molecule has 0 bridgehead atoms. The highest BCUT2D eigenvalue weighted by Crippen LogP contribution is 2.26. The summed E-state index contributed by atoms with van der Waals surface area (Å²) in [5, 5.41) is 13.0. The third kappa shape index (κ3) is 3.09. The molecule has 2 N–H and O–H groups in total. The van der Waals surface area contributed by atoms with Crippen LogP contribution in [0.3, 0.4) is 0 Å². The zero-order valence-corrected chi connectivity index (χ0v) is 11.6. The monoisotopic (exact) mass is 267 g/mol. The first kappa shape index (κ1) is 13.3. The Morgan fingerprint density at radius 3 is 1.85 bits per heavy atom. The lowest BCUT2D eigenvalue weighted by molar-refractivity contribution is 0.0624. The third-order valence-corrected chi connectivity index (χ3v) is 4.13. The van der Waals surface area contributed by atoms with Crippen LogP contribution in [-0.4, -0.2) is 23.8 Å². The molecule has 3 rings (SSSR count). The fraction of sp³-hybridized carbons (Fsp3) is 0.333. The molecule has 0 unspecified atom stereocenters. The fourth-order valence-corrected chi connectivity index (χ4v) is 2.84. The Morgan fingerprint density at radius 1 is 0.900 bits per heavy atom. The van der Waals surface area contributed by atoms with E-state index in [-0.39, 0.29) is 6.10 Å². The first-order valence-electron chi connectivity index (χ1n) is 7.34. The summed E-state index contributed by atoms with van der Waals surface area (Å²) in [5.41, 5.74) is 2.68. The summed E-state index contributed by atoms with van der Waals surface area (Å²) in [6.07, 6.45) is 1.67. The molecular weight excluding hydrogens is 246 g/mol. The summed E-state index contributed by atoms with van der Waals surface area (Å²) >= 11 is 0. The molecule has 0 radical (unpaired) electrons. The molecule has 0 aromatic heterocycles. The molecule has 0 saturated heterocycles. The molecule has 1 saturated carbocycles. The molecule has 0 aliphatic heterocycles. The average molecular weight is 267 g/mol. The number of aliphatic hydroxyl groups excluding tert-OH is 1. The van der Waals surface area contributed by atoms with Gasteiger partial charge in [-0.15, -0.1) is 0 Å². The standard InChI is InChI=1S/C18H21NO/c20-17-11-16(12-17)19-13-18(14-7-3-1-4-8-14)15-9-5-2-6-10-15/h1-10,16-20H,11-13H2. The maximum Gasteiger partial charge on any atom is 0.0570 e. The van der Waals surface area contributed by atoms with E-state index in [9.17, 15) is 5.11 Å². The van der Waals surface area contributed by atoms with E-state index in [1.54, 1.807) is 0 Å². The minimum atomic E-state index is -0.0978. The predicted octanol–water partition coefficient (Wildman–Crippen LogP) is 2.93. The molecular formula is C18H21NO. The van der Waals surface area contributed by atoms with Gasteiger partial charge in [0.1, 0.15) is 0 Å². The average Bonchev–Trinajstić information content (AvgIpc) is 2.48. The van der Waals surface area contributed by atoms with Gasteiger partial charge >= 0.3 is 0 Å². The van der Waals surface area contributed by atoms with Crippen molar-refractivity contribution in [2.75, 3.05) is 6.54 Å². The Hall–Kier alpha value is -1.64. The normalized spacial score (nSPS) is 21.7. The van der Waals surface area contributed by atoms with Gasteiger partial charge in [0.15, 0.2) is 0 Å². The van der Waals surface area contributed by atoms with Gasteiger partial charge in [-0.2, -0.15) is 0 Å². The van der Waals surface area contributed by atoms with Crippen LogP contribution in [0.2, 0.25) is 0 Å². The number of benzene rings is 2. The highest BCUT2D eigenvalue weighted by molar-refractivity contribution is 5.32. The van der Waals surface area contributed by atoms with Crippen LogP contribution in [-0.2, 0) is 0 Å². The third-order valence-electron chi connectivity index (χ3n) is 4.13. The molecule has 2 aromatic rings. The van der Waals surface area contributed by atoms with Gasteiger partial charge in [-0.3, -0.25) is 0 Å². The van der Waals surface area contributed by atoms with E-state index in [1.165, 1.54) is 11.1 Å². The number of rotatable bonds is 5. The minimum Gasteiger partial charge on any atom is -0.393 e. The van der Waals surface area contributed by atoms with Gasteiger partial charge in [-0.1, -0.05) is 60.7 Å². The van der Waals surface area contributed by atoms with Crippen LogP contribution in [0.4, 0.5) is 0 Å². The Bertz CT molecular complexity index is 480. The van der Waals surface area contributed by atoms with E-state index in [4.69, 9.17) is 0 Å². The number of hydrogen-bond acceptors (Lipinski definition) is 2. The van der Waals surface area contributed by atoms with Gasteiger partial charge < -0.3 is 10.4 Å². The Kier molecular flexibility index (Phi) is 4.14. The second-order valence-electron chi connectivity index (χ2n) is 5.60. The Balaban J connectivity index is 1.74. The summed E-state index contributed by atoms with van der Waals surface area (Å²) in [5.74, 6) is 0.371. The summed E-state index contributed by atoms with van der Waals surface area (Å²) in [7, 11) is 0. The molecule has 0 amide bonds. The highest BCUT2D eigenvalue weighted by Gasteiger charge is 2.27. The summed E-state index contributed by atoms with van der Waals surface area (Å²) in [4.78, 5) is 0. The van der Waals surface area contributed by atoms with E-state index < -0.39 is 0 Å². The molecule has 20 heavy (non-hydrogen) atoms. The van der Waals surface area contributed by atoms with Crippen molar-refractivity contribution in [1.29, 1.82) is 0 Å².